The van der Waals surface area contributed by atoms with Gasteiger partial charge in [-0.05, 0) is 30.4 Å². The minimum atomic E-state index is -3.47. The largest absolute Gasteiger partial charge is 0.310 e. The highest BCUT2D eigenvalue weighted by Gasteiger charge is 2.20. The second-order valence-corrected chi connectivity index (χ2v) is 7.12. The molecule has 0 bridgehead atoms. The van der Waals surface area contributed by atoms with Crippen LogP contribution in [0.15, 0.2) is 23.4 Å². The van der Waals surface area contributed by atoms with Gasteiger partial charge in [0.05, 0.1) is 0 Å². The van der Waals surface area contributed by atoms with Crippen molar-refractivity contribution in [2.24, 2.45) is 5.92 Å². The van der Waals surface area contributed by atoms with Crippen molar-refractivity contribution in [1.82, 2.24) is 15.0 Å². The molecule has 1 aliphatic carbocycles. The van der Waals surface area contributed by atoms with E-state index in [0.717, 1.165) is 12.1 Å². The van der Waals surface area contributed by atoms with Gasteiger partial charge in [-0.15, -0.1) is 0 Å². The third-order valence-electron chi connectivity index (χ3n) is 2.93. The molecule has 1 aromatic heterocycles. The Kier molecular flexibility index (Phi) is 4.54. The number of nitrogens with one attached hydrogen (secondary N) is 2. The maximum atomic E-state index is 11.9. The number of hydrogen-bond donors (Lipinski definition) is 2. The van der Waals surface area contributed by atoms with Crippen LogP contribution in [0.25, 0.3) is 0 Å². The van der Waals surface area contributed by atoms with Crippen LogP contribution in [0, 0.1) is 5.92 Å². The molecule has 0 unspecified atom stereocenters. The van der Waals surface area contributed by atoms with Gasteiger partial charge in [0.25, 0.3) is 10.0 Å². The molecule has 0 spiro atoms. The van der Waals surface area contributed by atoms with Crippen LogP contribution in [0.3, 0.4) is 0 Å². The molecule has 1 fully saturated rings. The summed E-state index contributed by atoms with van der Waals surface area (Å²) >= 11 is 0. The molecule has 0 aliphatic heterocycles. The van der Waals surface area contributed by atoms with Crippen LogP contribution in [0.4, 0.5) is 0 Å². The Labute approximate surface area is 114 Å². The number of hydrogen-bond acceptors (Lipinski definition) is 4. The zero-order valence-electron chi connectivity index (χ0n) is 11.4. The molecular weight excluding hydrogens is 262 g/mol. The molecule has 2 N–H and O–H groups in total. The van der Waals surface area contributed by atoms with Crippen molar-refractivity contribution in [1.29, 1.82) is 0 Å². The van der Waals surface area contributed by atoms with Gasteiger partial charge < -0.3 is 5.32 Å². The Balaban J connectivity index is 1.95. The van der Waals surface area contributed by atoms with Gasteiger partial charge in [-0.1, -0.05) is 19.9 Å². The smallest absolute Gasteiger partial charge is 0.258 e. The lowest BCUT2D eigenvalue weighted by molar-refractivity contribution is 0.556. The van der Waals surface area contributed by atoms with E-state index in [4.69, 9.17) is 0 Å². The van der Waals surface area contributed by atoms with Crippen molar-refractivity contribution < 1.29 is 8.42 Å². The van der Waals surface area contributed by atoms with Crippen molar-refractivity contribution in [3.05, 3.63) is 23.9 Å². The zero-order valence-corrected chi connectivity index (χ0v) is 12.2. The van der Waals surface area contributed by atoms with Crippen LogP contribution in [0.5, 0.6) is 0 Å². The van der Waals surface area contributed by atoms with E-state index in [9.17, 15) is 8.42 Å². The first-order valence-corrected chi connectivity index (χ1v) is 8.13. The van der Waals surface area contributed by atoms with E-state index in [2.05, 4.69) is 15.0 Å². The lowest BCUT2D eigenvalue weighted by Crippen LogP contribution is -2.28. The molecule has 5 nitrogen and oxygen atoms in total. The van der Waals surface area contributed by atoms with Crippen molar-refractivity contribution >= 4 is 10.0 Å². The van der Waals surface area contributed by atoms with Crippen molar-refractivity contribution in [3.63, 3.8) is 0 Å². The Morgan fingerprint density at radius 1 is 1.37 bits per heavy atom. The summed E-state index contributed by atoms with van der Waals surface area (Å²) in [6.07, 6.45) is 4.09. The third kappa shape index (κ3) is 4.56. The van der Waals surface area contributed by atoms with Crippen LogP contribution in [0.2, 0.25) is 0 Å². The number of pyridine rings is 1. The summed E-state index contributed by atoms with van der Waals surface area (Å²) in [5.74, 6) is 0.275. The lowest BCUT2D eigenvalue weighted by Gasteiger charge is -2.09. The van der Waals surface area contributed by atoms with E-state index in [1.54, 1.807) is 12.3 Å². The quantitative estimate of drug-likeness (QED) is 0.790. The van der Waals surface area contributed by atoms with E-state index in [1.165, 1.54) is 12.8 Å². The SMILES string of the molecule is CC(C)CNS(=O)(=O)c1ccc(CNC2CC2)cn1. The highest BCUT2D eigenvalue weighted by Crippen LogP contribution is 2.19. The Bertz CT molecular complexity index is 507. The van der Waals surface area contributed by atoms with Crippen LogP contribution < -0.4 is 10.0 Å². The molecule has 1 saturated carbocycles. The summed E-state index contributed by atoms with van der Waals surface area (Å²) in [4.78, 5) is 4.04. The Hall–Kier alpha value is -0.980. The molecular formula is C13H21N3O2S. The van der Waals surface area contributed by atoms with Gasteiger partial charge in [0.1, 0.15) is 0 Å². The fourth-order valence-corrected chi connectivity index (χ4v) is 2.71. The predicted molar refractivity (Wildman–Crippen MR) is 74.1 cm³/mol. The molecule has 0 saturated heterocycles. The van der Waals surface area contributed by atoms with Gasteiger partial charge in [-0.2, -0.15) is 0 Å². The molecule has 106 valence electrons. The molecule has 1 aromatic rings. The Morgan fingerprint density at radius 2 is 2.11 bits per heavy atom. The fourth-order valence-electron chi connectivity index (χ4n) is 1.57. The van der Waals surface area contributed by atoms with Crippen LogP contribution in [-0.4, -0.2) is 26.0 Å². The van der Waals surface area contributed by atoms with Gasteiger partial charge in [0.2, 0.25) is 0 Å². The second-order valence-electron chi connectivity index (χ2n) is 5.41. The summed E-state index contributed by atoms with van der Waals surface area (Å²) in [5.41, 5.74) is 1.01. The molecule has 0 aromatic carbocycles. The molecule has 0 amide bonds. The monoisotopic (exact) mass is 283 g/mol. The summed E-state index contributed by atoms with van der Waals surface area (Å²) in [5, 5.41) is 3.45. The van der Waals surface area contributed by atoms with Crippen LogP contribution >= 0.6 is 0 Å². The lowest BCUT2D eigenvalue weighted by atomic mass is 10.2. The van der Waals surface area contributed by atoms with Crippen molar-refractivity contribution in [2.45, 2.75) is 44.3 Å². The van der Waals surface area contributed by atoms with E-state index in [1.807, 2.05) is 19.9 Å². The maximum Gasteiger partial charge on any atom is 0.258 e. The summed E-state index contributed by atoms with van der Waals surface area (Å²) in [6, 6.07) is 4.01. The number of nitrogens with zero attached hydrogens (tertiary/aromatic N) is 1. The van der Waals surface area contributed by atoms with Gasteiger partial charge >= 0.3 is 0 Å². The number of sulfonamides is 1. The van der Waals surface area contributed by atoms with Gasteiger partial charge in [-0.3, -0.25) is 0 Å². The molecule has 1 heterocycles. The van der Waals surface area contributed by atoms with E-state index >= 15 is 0 Å². The van der Waals surface area contributed by atoms with E-state index in [-0.39, 0.29) is 10.9 Å². The second kappa shape index (κ2) is 5.98. The molecule has 2 rings (SSSR count). The minimum Gasteiger partial charge on any atom is -0.310 e. The summed E-state index contributed by atoms with van der Waals surface area (Å²) in [6.45, 7) is 5.09. The Morgan fingerprint density at radius 3 is 2.63 bits per heavy atom. The number of aromatic nitrogens is 1. The maximum absolute atomic E-state index is 11.9. The average Bonchev–Trinajstić information content (AvgIpc) is 3.19. The van der Waals surface area contributed by atoms with Gasteiger partial charge in [-0.25, -0.2) is 18.1 Å². The highest BCUT2D eigenvalue weighted by molar-refractivity contribution is 7.89. The van der Waals surface area contributed by atoms with E-state index in [0.29, 0.717) is 12.6 Å². The normalized spacial score (nSPS) is 15.9. The van der Waals surface area contributed by atoms with Crippen LogP contribution in [0.1, 0.15) is 32.3 Å². The topological polar surface area (TPSA) is 71.1 Å². The summed E-state index contributed by atoms with van der Waals surface area (Å²) in [7, 11) is -3.47. The minimum absolute atomic E-state index is 0.0864. The molecule has 0 atom stereocenters. The average molecular weight is 283 g/mol. The number of rotatable bonds is 7. The van der Waals surface area contributed by atoms with E-state index < -0.39 is 10.0 Å². The van der Waals surface area contributed by atoms with Crippen molar-refractivity contribution in [2.75, 3.05) is 6.54 Å². The highest BCUT2D eigenvalue weighted by atomic mass is 32.2. The molecule has 19 heavy (non-hydrogen) atoms. The predicted octanol–water partition coefficient (Wildman–Crippen LogP) is 1.27. The fraction of sp³-hybridized carbons (Fsp3) is 0.615. The van der Waals surface area contributed by atoms with Gasteiger partial charge in [0.15, 0.2) is 5.03 Å². The zero-order chi connectivity index (χ0) is 13.9. The molecule has 6 heteroatoms. The van der Waals surface area contributed by atoms with Crippen molar-refractivity contribution in [3.8, 4) is 0 Å². The molecule has 0 radical (unpaired) electrons. The molecule has 1 aliphatic rings. The first-order valence-electron chi connectivity index (χ1n) is 6.65. The first kappa shape index (κ1) is 14.4. The standard InChI is InChI=1S/C13H21N3O2S/c1-10(2)7-16-19(17,18)13-6-3-11(9-15-13)8-14-12-4-5-12/h3,6,9-10,12,14,16H,4-5,7-8H2,1-2H3. The summed E-state index contributed by atoms with van der Waals surface area (Å²) < 4.78 is 26.4. The van der Waals surface area contributed by atoms with Gasteiger partial charge in [0, 0.05) is 25.3 Å². The first-order chi connectivity index (χ1) is 8.97. The third-order valence-corrected chi connectivity index (χ3v) is 4.27. The van der Waals surface area contributed by atoms with Crippen LogP contribution in [-0.2, 0) is 16.6 Å².